The summed E-state index contributed by atoms with van der Waals surface area (Å²) in [5.74, 6) is -0.986. The molecule has 4 rings (SSSR count). The maximum atomic E-state index is 13.3. The molecule has 0 aliphatic carbocycles. The van der Waals surface area contributed by atoms with Crippen LogP contribution in [0.3, 0.4) is 0 Å². The molecule has 178 valence electrons. The van der Waals surface area contributed by atoms with E-state index in [9.17, 15) is 23.2 Å². The molecule has 1 aliphatic heterocycles. The molecule has 0 N–H and O–H groups in total. The van der Waals surface area contributed by atoms with Crippen molar-refractivity contribution < 1.29 is 22.7 Å². The quantitative estimate of drug-likeness (QED) is 0.543. The maximum absolute atomic E-state index is 13.3. The van der Waals surface area contributed by atoms with Crippen LogP contribution in [0.2, 0.25) is 5.02 Å². The van der Waals surface area contributed by atoms with Gasteiger partial charge in [-0.25, -0.2) is 4.68 Å². The second kappa shape index (κ2) is 8.36. The Kier molecular flexibility index (Phi) is 5.81. The van der Waals surface area contributed by atoms with E-state index in [4.69, 9.17) is 16.3 Å². The lowest BCUT2D eigenvalue weighted by atomic mass is 10.1. The Morgan fingerprint density at radius 2 is 1.97 bits per heavy atom. The molecule has 0 radical (unpaired) electrons. The zero-order chi connectivity index (χ0) is 24.9. The second-order valence-corrected chi connectivity index (χ2v) is 8.44. The third kappa shape index (κ3) is 3.98. The summed E-state index contributed by atoms with van der Waals surface area (Å²) in [5, 5.41) is 18.0. The normalized spacial score (nSPS) is 14.1. The summed E-state index contributed by atoms with van der Waals surface area (Å²) >= 11 is 6.25. The fraction of sp³-hybridized carbons (Fsp3) is 0.364. The van der Waals surface area contributed by atoms with Gasteiger partial charge < -0.3 is 9.64 Å². The van der Waals surface area contributed by atoms with Gasteiger partial charge in [0.15, 0.2) is 6.10 Å². The number of amides is 1. The van der Waals surface area contributed by atoms with Crippen molar-refractivity contribution in [2.45, 2.75) is 46.1 Å². The molecule has 0 spiro atoms. The van der Waals surface area contributed by atoms with Gasteiger partial charge in [0.1, 0.15) is 23.1 Å². The Hall–Kier alpha value is -3.52. The molecule has 8 nitrogen and oxygen atoms in total. The van der Waals surface area contributed by atoms with E-state index in [0.717, 1.165) is 35.6 Å². The summed E-state index contributed by atoms with van der Waals surface area (Å²) in [5.41, 5.74) is 3.68. The van der Waals surface area contributed by atoms with Crippen LogP contribution in [-0.2, 0) is 20.1 Å². The van der Waals surface area contributed by atoms with Crippen molar-refractivity contribution in [1.82, 2.24) is 24.5 Å². The lowest BCUT2D eigenvalue weighted by Gasteiger charge is -2.23. The number of benzene rings is 1. The zero-order valence-electron chi connectivity index (χ0n) is 18.7. The predicted octanol–water partition coefficient (Wildman–Crippen LogP) is 4.23. The highest BCUT2D eigenvalue weighted by Gasteiger charge is 2.39. The van der Waals surface area contributed by atoms with Gasteiger partial charge in [-0.1, -0.05) is 11.6 Å². The van der Waals surface area contributed by atoms with Crippen LogP contribution >= 0.6 is 11.6 Å². The molecule has 3 heterocycles. The number of nitriles is 1. The number of hydrogen-bond donors (Lipinski definition) is 0. The van der Waals surface area contributed by atoms with Gasteiger partial charge in [0.2, 0.25) is 0 Å². The van der Waals surface area contributed by atoms with Gasteiger partial charge in [0, 0.05) is 25.4 Å². The third-order valence-electron chi connectivity index (χ3n) is 5.77. The molecule has 1 atom stereocenters. The lowest BCUT2D eigenvalue weighted by Crippen LogP contribution is -2.33. The number of aryl methyl sites for hydroxylation is 2. The number of carbonyl (C=O) groups excluding carboxylic acids is 1. The first-order chi connectivity index (χ1) is 15.9. The molecule has 1 amide bonds. The molecule has 12 heteroatoms. The Morgan fingerprint density at radius 1 is 1.26 bits per heavy atom. The molecule has 1 unspecified atom stereocenters. The number of rotatable bonds is 4. The van der Waals surface area contributed by atoms with E-state index in [-0.39, 0.29) is 35.0 Å². The highest BCUT2D eigenvalue weighted by molar-refractivity contribution is 6.35. The minimum absolute atomic E-state index is 0.0401. The number of nitrogens with zero attached hydrogens (tertiary/aromatic N) is 6. The average Bonchev–Trinajstić information content (AvgIpc) is 3.39. The van der Waals surface area contributed by atoms with Gasteiger partial charge in [0.25, 0.3) is 5.91 Å². The van der Waals surface area contributed by atoms with E-state index in [1.807, 2.05) is 27.0 Å². The number of ether oxygens (including phenoxy) is 1. The molecular formula is C22H20ClF3N6O2. The minimum atomic E-state index is -4.64. The van der Waals surface area contributed by atoms with Crippen LogP contribution < -0.4 is 4.74 Å². The van der Waals surface area contributed by atoms with Gasteiger partial charge in [0.05, 0.1) is 34.2 Å². The van der Waals surface area contributed by atoms with Crippen molar-refractivity contribution >= 4 is 17.5 Å². The number of carbonyl (C=O) groups is 1. The van der Waals surface area contributed by atoms with Gasteiger partial charge in [-0.2, -0.15) is 28.6 Å². The van der Waals surface area contributed by atoms with E-state index >= 15 is 0 Å². The Morgan fingerprint density at radius 3 is 2.53 bits per heavy atom. The van der Waals surface area contributed by atoms with Crippen LogP contribution in [0.1, 0.15) is 45.5 Å². The number of halogens is 4. The van der Waals surface area contributed by atoms with E-state index in [1.54, 1.807) is 15.6 Å². The standard InChI is InChI=1S/C22H20ClF3N6O2/c1-11-20(12(2)30(4)28-11)32-9-15-8-31(10-16(15)29-32)21(33)18-17(34-13(3)22(24,25)26)6-5-14(7-27)19(18)23/h5-6,9,13H,8,10H2,1-4H3. The smallest absolute Gasteiger partial charge is 0.425 e. The van der Waals surface area contributed by atoms with Gasteiger partial charge >= 0.3 is 6.18 Å². The molecule has 1 aromatic carbocycles. The molecule has 0 fully saturated rings. The van der Waals surface area contributed by atoms with Crippen molar-refractivity contribution in [1.29, 1.82) is 5.26 Å². The van der Waals surface area contributed by atoms with Gasteiger partial charge in [-0.05, 0) is 32.9 Å². The minimum Gasteiger partial charge on any atom is -0.480 e. The molecule has 0 bridgehead atoms. The van der Waals surface area contributed by atoms with Crippen molar-refractivity contribution in [3.8, 4) is 17.5 Å². The van der Waals surface area contributed by atoms with Crippen LogP contribution in [0.5, 0.6) is 5.75 Å². The zero-order valence-corrected chi connectivity index (χ0v) is 19.5. The van der Waals surface area contributed by atoms with Crippen LogP contribution in [-0.4, -0.2) is 42.6 Å². The first-order valence-electron chi connectivity index (χ1n) is 10.3. The maximum Gasteiger partial charge on any atom is 0.425 e. The van der Waals surface area contributed by atoms with Crippen LogP contribution in [0.4, 0.5) is 13.2 Å². The van der Waals surface area contributed by atoms with E-state index in [1.165, 1.54) is 11.0 Å². The van der Waals surface area contributed by atoms with Crippen molar-refractivity contribution in [3.63, 3.8) is 0 Å². The number of hydrogen-bond acceptors (Lipinski definition) is 5. The predicted molar refractivity (Wildman–Crippen MR) is 116 cm³/mol. The van der Waals surface area contributed by atoms with E-state index < -0.39 is 18.2 Å². The summed E-state index contributed by atoms with van der Waals surface area (Å²) in [6.45, 7) is 4.93. The highest BCUT2D eigenvalue weighted by atomic mass is 35.5. The SMILES string of the molecule is Cc1nn(C)c(C)c1-n1cc2c(n1)CN(C(=O)c1c(OC(C)C(F)(F)F)ccc(C#N)c1Cl)C2. The number of fused-ring (bicyclic) bond motifs is 1. The van der Waals surface area contributed by atoms with Gasteiger partial charge in [-0.15, -0.1) is 0 Å². The summed E-state index contributed by atoms with van der Waals surface area (Å²) in [4.78, 5) is 14.7. The summed E-state index contributed by atoms with van der Waals surface area (Å²) in [6, 6.07) is 4.22. The lowest BCUT2D eigenvalue weighted by molar-refractivity contribution is -0.189. The topological polar surface area (TPSA) is 89.0 Å². The largest absolute Gasteiger partial charge is 0.480 e. The summed E-state index contributed by atoms with van der Waals surface area (Å²) in [7, 11) is 1.84. The Labute approximate surface area is 198 Å². The second-order valence-electron chi connectivity index (χ2n) is 8.06. The van der Waals surface area contributed by atoms with E-state index in [2.05, 4.69) is 10.2 Å². The van der Waals surface area contributed by atoms with Crippen LogP contribution in [0.15, 0.2) is 18.3 Å². The summed E-state index contributed by atoms with van der Waals surface area (Å²) < 4.78 is 47.7. The first kappa shape index (κ1) is 23.6. The Bertz CT molecular complexity index is 1310. The molecular weight excluding hydrogens is 473 g/mol. The average molecular weight is 493 g/mol. The molecule has 0 saturated carbocycles. The van der Waals surface area contributed by atoms with Crippen molar-refractivity contribution in [3.05, 3.63) is 57.1 Å². The number of aromatic nitrogens is 4. The monoisotopic (exact) mass is 492 g/mol. The van der Waals surface area contributed by atoms with Crippen LogP contribution in [0, 0.1) is 25.2 Å². The van der Waals surface area contributed by atoms with Crippen molar-refractivity contribution in [2.75, 3.05) is 0 Å². The molecule has 1 aliphatic rings. The highest BCUT2D eigenvalue weighted by Crippen LogP contribution is 2.36. The molecule has 3 aromatic rings. The first-order valence-corrected chi connectivity index (χ1v) is 10.6. The molecule has 0 saturated heterocycles. The van der Waals surface area contributed by atoms with Crippen molar-refractivity contribution in [2.24, 2.45) is 7.05 Å². The van der Waals surface area contributed by atoms with Gasteiger partial charge in [-0.3, -0.25) is 9.48 Å². The van der Waals surface area contributed by atoms with E-state index in [0.29, 0.717) is 5.69 Å². The summed E-state index contributed by atoms with van der Waals surface area (Å²) in [6.07, 6.45) is -5.01. The molecule has 2 aromatic heterocycles. The fourth-order valence-corrected chi connectivity index (χ4v) is 4.14. The Balaban J connectivity index is 1.64. The fourth-order valence-electron chi connectivity index (χ4n) is 3.86. The van der Waals surface area contributed by atoms with Crippen LogP contribution in [0.25, 0.3) is 5.69 Å². The molecule has 34 heavy (non-hydrogen) atoms. The number of alkyl halides is 3. The third-order valence-corrected chi connectivity index (χ3v) is 6.16.